The van der Waals surface area contributed by atoms with Crippen molar-refractivity contribution in [2.24, 2.45) is 0 Å². The molecule has 0 bridgehead atoms. The fraction of sp³-hybridized carbons (Fsp3) is 0.500. The molecule has 0 aliphatic rings. The van der Waals surface area contributed by atoms with Crippen molar-refractivity contribution >= 4 is 16.7 Å². The second kappa shape index (κ2) is 6.62. The summed E-state index contributed by atoms with van der Waals surface area (Å²) in [6.45, 7) is 3.86. The molecule has 1 aromatic carbocycles. The van der Waals surface area contributed by atoms with Crippen molar-refractivity contribution in [3.63, 3.8) is 0 Å². The first-order valence-corrected chi connectivity index (χ1v) is 7.08. The zero-order valence-electron chi connectivity index (χ0n) is 12.2. The first-order chi connectivity index (χ1) is 9.24. The van der Waals surface area contributed by atoms with Crippen molar-refractivity contribution in [3.8, 4) is 0 Å². The van der Waals surface area contributed by atoms with Gasteiger partial charge in [0.1, 0.15) is 5.82 Å². The van der Waals surface area contributed by atoms with Gasteiger partial charge in [-0.2, -0.15) is 0 Å². The summed E-state index contributed by atoms with van der Waals surface area (Å²) in [5, 5.41) is 1.33. The van der Waals surface area contributed by atoms with Gasteiger partial charge in [0.05, 0.1) is 0 Å². The molecule has 0 amide bonds. The first-order valence-electron chi connectivity index (χ1n) is 7.08. The minimum Gasteiger partial charge on any atom is -0.381 e. The zero-order valence-corrected chi connectivity index (χ0v) is 12.2. The highest BCUT2D eigenvalue weighted by atomic mass is 16.5. The van der Waals surface area contributed by atoms with Gasteiger partial charge in [-0.1, -0.05) is 25.1 Å². The molecule has 0 saturated heterocycles. The van der Waals surface area contributed by atoms with Crippen LogP contribution in [0.3, 0.4) is 0 Å². The normalized spacial score (nSPS) is 11.1. The number of aromatic nitrogens is 1. The molecule has 2 aromatic rings. The van der Waals surface area contributed by atoms with Gasteiger partial charge < -0.3 is 14.6 Å². The third-order valence-corrected chi connectivity index (χ3v) is 3.30. The molecule has 0 fully saturated rings. The minimum atomic E-state index is 0.847. The number of para-hydroxylation sites is 1. The van der Waals surface area contributed by atoms with E-state index >= 15 is 0 Å². The lowest BCUT2D eigenvalue weighted by atomic mass is 10.1. The van der Waals surface area contributed by atoms with Gasteiger partial charge in [0, 0.05) is 43.8 Å². The van der Waals surface area contributed by atoms with Crippen LogP contribution < -0.4 is 4.90 Å². The Labute approximate surface area is 115 Å². The zero-order chi connectivity index (χ0) is 13.7. The molecule has 0 atom stereocenters. The summed E-state index contributed by atoms with van der Waals surface area (Å²) in [4.78, 5) is 5.66. The van der Waals surface area contributed by atoms with E-state index in [1.807, 2.05) is 0 Å². The number of anilines is 1. The van der Waals surface area contributed by atoms with Gasteiger partial charge >= 0.3 is 0 Å². The van der Waals surface area contributed by atoms with E-state index in [0.29, 0.717) is 0 Å². The molecule has 1 aromatic heterocycles. The van der Waals surface area contributed by atoms with E-state index in [1.54, 1.807) is 0 Å². The van der Waals surface area contributed by atoms with Crippen LogP contribution in [0.15, 0.2) is 24.3 Å². The highest BCUT2D eigenvalue weighted by Gasteiger charge is 2.12. The summed E-state index contributed by atoms with van der Waals surface area (Å²) in [5.74, 6) is 1.22. The van der Waals surface area contributed by atoms with Crippen molar-refractivity contribution in [3.05, 3.63) is 29.8 Å². The van der Waals surface area contributed by atoms with Gasteiger partial charge in [-0.05, 0) is 25.3 Å². The predicted molar refractivity (Wildman–Crippen MR) is 82.1 cm³/mol. The van der Waals surface area contributed by atoms with Crippen molar-refractivity contribution in [2.45, 2.75) is 26.2 Å². The highest BCUT2D eigenvalue weighted by molar-refractivity contribution is 5.88. The minimum absolute atomic E-state index is 0.847. The van der Waals surface area contributed by atoms with Crippen LogP contribution in [-0.2, 0) is 11.2 Å². The number of nitrogens with one attached hydrogen (secondary N) is 1. The number of fused-ring (bicyclic) bond motifs is 1. The molecule has 0 unspecified atom stereocenters. The Bertz CT molecular complexity index is 516. The number of nitrogens with zero attached hydrogens (tertiary/aromatic N) is 1. The van der Waals surface area contributed by atoms with Crippen molar-refractivity contribution in [1.82, 2.24) is 4.98 Å². The van der Waals surface area contributed by atoms with Crippen LogP contribution in [0.4, 0.5) is 5.82 Å². The van der Waals surface area contributed by atoms with E-state index in [9.17, 15) is 0 Å². The molecule has 0 aliphatic carbocycles. The van der Waals surface area contributed by atoms with Gasteiger partial charge in [0.25, 0.3) is 0 Å². The molecule has 104 valence electrons. The number of H-pyrrole nitrogens is 1. The Morgan fingerprint density at radius 1 is 1.16 bits per heavy atom. The van der Waals surface area contributed by atoms with Gasteiger partial charge in [0.2, 0.25) is 0 Å². The molecular formula is C16H24N2O. The molecule has 3 heteroatoms. The fourth-order valence-corrected chi connectivity index (χ4v) is 2.42. The number of hydrogen-bond acceptors (Lipinski definition) is 2. The van der Waals surface area contributed by atoms with E-state index in [1.165, 1.54) is 22.3 Å². The van der Waals surface area contributed by atoms with E-state index in [-0.39, 0.29) is 0 Å². The van der Waals surface area contributed by atoms with Gasteiger partial charge in [-0.15, -0.1) is 0 Å². The number of rotatable bonds is 7. The lowest BCUT2D eigenvalue weighted by molar-refractivity contribution is 0.132. The summed E-state index contributed by atoms with van der Waals surface area (Å²) >= 11 is 0. The maximum atomic E-state index is 5.57. The van der Waals surface area contributed by atoms with Crippen LogP contribution in [0.5, 0.6) is 0 Å². The standard InChI is InChI=1S/C16H24N2O/c1-4-11-19-12-7-9-14-13-8-5-6-10-15(13)17-16(14)18(2)3/h5-6,8,10,17H,4,7,9,11-12H2,1-3H3. The first kappa shape index (κ1) is 13.9. The SMILES string of the molecule is CCCOCCCc1c(N(C)C)[nH]c2ccccc12. The van der Waals surface area contributed by atoms with Crippen LogP contribution in [-0.4, -0.2) is 32.3 Å². The van der Waals surface area contributed by atoms with Crippen LogP contribution in [0.25, 0.3) is 10.9 Å². The van der Waals surface area contributed by atoms with Gasteiger partial charge in [-0.25, -0.2) is 0 Å². The molecule has 3 nitrogen and oxygen atoms in total. The third-order valence-electron chi connectivity index (χ3n) is 3.30. The molecule has 19 heavy (non-hydrogen) atoms. The summed E-state index contributed by atoms with van der Waals surface area (Å²) < 4.78 is 5.57. The summed E-state index contributed by atoms with van der Waals surface area (Å²) in [7, 11) is 4.17. The van der Waals surface area contributed by atoms with Crippen LogP contribution in [0, 0.1) is 0 Å². The Kier molecular flexibility index (Phi) is 4.86. The number of hydrogen-bond donors (Lipinski definition) is 1. The van der Waals surface area contributed by atoms with Crippen LogP contribution in [0.1, 0.15) is 25.3 Å². The number of benzene rings is 1. The van der Waals surface area contributed by atoms with E-state index in [4.69, 9.17) is 4.74 Å². The largest absolute Gasteiger partial charge is 0.381 e. The molecule has 1 N–H and O–H groups in total. The molecule has 0 aliphatic heterocycles. The summed E-state index contributed by atoms with van der Waals surface area (Å²) in [6.07, 6.45) is 3.22. The molecule has 0 saturated carbocycles. The lowest BCUT2D eigenvalue weighted by Gasteiger charge is -2.13. The Hall–Kier alpha value is -1.48. The monoisotopic (exact) mass is 260 g/mol. The second-order valence-corrected chi connectivity index (χ2v) is 5.11. The maximum Gasteiger partial charge on any atom is 0.109 e. The average molecular weight is 260 g/mol. The number of aromatic amines is 1. The molecule has 2 rings (SSSR count). The van der Waals surface area contributed by atoms with Gasteiger partial charge in [0.15, 0.2) is 0 Å². The lowest BCUT2D eigenvalue weighted by Crippen LogP contribution is -2.11. The summed E-state index contributed by atoms with van der Waals surface area (Å²) in [6, 6.07) is 8.51. The summed E-state index contributed by atoms with van der Waals surface area (Å²) in [5.41, 5.74) is 2.62. The highest BCUT2D eigenvalue weighted by Crippen LogP contribution is 2.28. The Morgan fingerprint density at radius 3 is 2.68 bits per heavy atom. The number of ether oxygens (including phenoxy) is 1. The average Bonchev–Trinajstić information content (AvgIpc) is 2.78. The third kappa shape index (κ3) is 3.29. The van der Waals surface area contributed by atoms with Crippen molar-refractivity contribution in [2.75, 3.05) is 32.2 Å². The molecule has 0 radical (unpaired) electrons. The second-order valence-electron chi connectivity index (χ2n) is 5.11. The molecular weight excluding hydrogens is 236 g/mol. The topological polar surface area (TPSA) is 28.3 Å². The maximum absolute atomic E-state index is 5.57. The van der Waals surface area contributed by atoms with E-state index in [0.717, 1.165) is 32.5 Å². The van der Waals surface area contributed by atoms with Crippen molar-refractivity contribution in [1.29, 1.82) is 0 Å². The molecule has 1 heterocycles. The molecule has 0 spiro atoms. The smallest absolute Gasteiger partial charge is 0.109 e. The Morgan fingerprint density at radius 2 is 1.95 bits per heavy atom. The van der Waals surface area contributed by atoms with E-state index < -0.39 is 0 Å². The Balaban J connectivity index is 2.13. The number of aryl methyl sites for hydroxylation is 1. The van der Waals surface area contributed by atoms with Crippen LogP contribution >= 0.6 is 0 Å². The van der Waals surface area contributed by atoms with Crippen molar-refractivity contribution < 1.29 is 4.74 Å². The van der Waals surface area contributed by atoms with E-state index in [2.05, 4.69) is 55.2 Å². The van der Waals surface area contributed by atoms with Crippen LogP contribution in [0.2, 0.25) is 0 Å². The quantitative estimate of drug-likeness (QED) is 0.771. The predicted octanol–water partition coefficient (Wildman–Crippen LogP) is 3.59. The van der Waals surface area contributed by atoms with Gasteiger partial charge in [-0.3, -0.25) is 0 Å². The fourth-order valence-electron chi connectivity index (χ4n) is 2.42.